The van der Waals surface area contributed by atoms with Gasteiger partial charge in [-0.1, -0.05) is 0 Å². The molecule has 2 aromatic heterocycles. The van der Waals surface area contributed by atoms with Crippen LogP contribution in [-0.4, -0.2) is 58.7 Å². The van der Waals surface area contributed by atoms with Crippen LogP contribution in [-0.2, 0) is 10.0 Å². The fraction of sp³-hybridized carbons (Fsp3) is 0.350. The molecule has 0 N–H and O–H groups in total. The molecule has 8 nitrogen and oxygen atoms in total. The maximum absolute atomic E-state index is 13.5. The molecule has 1 fully saturated rings. The third-order valence-electron chi connectivity index (χ3n) is 5.13. The van der Waals surface area contributed by atoms with Crippen LogP contribution in [0.3, 0.4) is 0 Å². The van der Waals surface area contributed by atoms with Gasteiger partial charge in [-0.05, 0) is 45.0 Å². The summed E-state index contributed by atoms with van der Waals surface area (Å²) in [4.78, 5) is 10.7. The van der Waals surface area contributed by atoms with Crippen LogP contribution in [0.25, 0.3) is 5.82 Å². The molecule has 1 saturated heterocycles. The summed E-state index contributed by atoms with van der Waals surface area (Å²) in [5.41, 5.74) is 1.83. The molecule has 11 heteroatoms. The molecule has 0 amide bonds. The predicted molar refractivity (Wildman–Crippen MR) is 111 cm³/mol. The Balaban J connectivity index is 1.54. The van der Waals surface area contributed by atoms with E-state index in [2.05, 4.69) is 15.1 Å². The van der Waals surface area contributed by atoms with Gasteiger partial charge in [-0.15, -0.1) is 0 Å². The van der Waals surface area contributed by atoms with Crippen LogP contribution in [0.4, 0.5) is 14.6 Å². The van der Waals surface area contributed by atoms with Crippen molar-refractivity contribution in [3.8, 4) is 5.82 Å². The van der Waals surface area contributed by atoms with Crippen molar-refractivity contribution in [2.24, 2.45) is 0 Å². The number of piperazine rings is 1. The van der Waals surface area contributed by atoms with Crippen molar-refractivity contribution >= 4 is 15.8 Å². The van der Waals surface area contributed by atoms with Gasteiger partial charge in [0.15, 0.2) is 17.5 Å². The molecule has 0 saturated carbocycles. The normalized spacial score (nSPS) is 15.5. The Morgan fingerprint density at radius 2 is 1.55 bits per heavy atom. The van der Waals surface area contributed by atoms with Crippen molar-refractivity contribution in [1.82, 2.24) is 24.1 Å². The molecule has 1 aliphatic heterocycles. The minimum Gasteiger partial charge on any atom is -0.354 e. The second-order valence-electron chi connectivity index (χ2n) is 7.44. The largest absolute Gasteiger partial charge is 0.354 e. The van der Waals surface area contributed by atoms with Crippen LogP contribution in [0.2, 0.25) is 0 Å². The number of benzene rings is 1. The van der Waals surface area contributed by atoms with Crippen molar-refractivity contribution in [1.29, 1.82) is 0 Å². The lowest BCUT2D eigenvalue weighted by Crippen LogP contribution is -2.49. The topological polar surface area (TPSA) is 84.2 Å². The Kier molecular flexibility index (Phi) is 5.48. The van der Waals surface area contributed by atoms with Crippen LogP contribution < -0.4 is 4.90 Å². The second kappa shape index (κ2) is 7.97. The average Bonchev–Trinajstić information content (AvgIpc) is 3.07. The average molecular weight is 448 g/mol. The first-order valence-electron chi connectivity index (χ1n) is 9.74. The number of aryl methyl sites for hydroxylation is 3. The highest BCUT2D eigenvalue weighted by Gasteiger charge is 2.30. The number of hydrogen-bond donors (Lipinski definition) is 0. The first-order valence-corrected chi connectivity index (χ1v) is 11.2. The highest BCUT2D eigenvalue weighted by molar-refractivity contribution is 7.89. The number of nitrogens with zero attached hydrogens (tertiary/aromatic N) is 6. The zero-order valence-corrected chi connectivity index (χ0v) is 18.2. The zero-order valence-electron chi connectivity index (χ0n) is 17.4. The third kappa shape index (κ3) is 4.15. The van der Waals surface area contributed by atoms with Crippen molar-refractivity contribution in [3.63, 3.8) is 0 Å². The lowest BCUT2D eigenvalue weighted by atomic mass is 10.3. The fourth-order valence-corrected chi connectivity index (χ4v) is 5.05. The summed E-state index contributed by atoms with van der Waals surface area (Å²) in [5.74, 6) is -0.365. The molecule has 4 rings (SSSR count). The molecule has 1 aromatic carbocycles. The Bertz CT molecular complexity index is 1240. The van der Waals surface area contributed by atoms with E-state index in [0.717, 1.165) is 23.5 Å². The molecule has 164 valence electrons. The molecular weight excluding hydrogens is 426 g/mol. The Hall–Kier alpha value is -2.92. The molecule has 0 unspecified atom stereocenters. The maximum atomic E-state index is 13.5. The van der Waals surface area contributed by atoms with E-state index in [-0.39, 0.29) is 18.0 Å². The SMILES string of the molecule is Cc1cc(C)n(-c2cc(N3CCN(S(=O)(=O)c4ccc(F)c(F)c4)CC3)nc(C)n2)n1. The minimum absolute atomic E-state index is 0.194. The van der Waals surface area contributed by atoms with Gasteiger partial charge in [-0.3, -0.25) is 0 Å². The number of halogens is 2. The zero-order chi connectivity index (χ0) is 22.3. The van der Waals surface area contributed by atoms with Gasteiger partial charge in [0.2, 0.25) is 10.0 Å². The van der Waals surface area contributed by atoms with Crippen LogP contribution in [0.5, 0.6) is 0 Å². The van der Waals surface area contributed by atoms with Gasteiger partial charge in [-0.2, -0.15) is 9.40 Å². The van der Waals surface area contributed by atoms with E-state index >= 15 is 0 Å². The summed E-state index contributed by atoms with van der Waals surface area (Å²) in [6.45, 7) is 6.83. The Morgan fingerprint density at radius 3 is 2.16 bits per heavy atom. The number of sulfonamides is 1. The number of anilines is 1. The molecule has 0 atom stereocenters. The molecule has 0 radical (unpaired) electrons. The highest BCUT2D eigenvalue weighted by atomic mass is 32.2. The van der Waals surface area contributed by atoms with Crippen LogP contribution in [0.15, 0.2) is 35.2 Å². The van der Waals surface area contributed by atoms with Crippen molar-refractivity contribution in [2.75, 3.05) is 31.1 Å². The van der Waals surface area contributed by atoms with Gasteiger partial charge in [0.05, 0.1) is 10.6 Å². The van der Waals surface area contributed by atoms with Crippen LogP contribution in [0.1, 0.15) is 17.2 Å². The summed E-state index contributed by atoms with van der Waals surface area (Å²) in [5, 5.41) is 4.46. The monoisotopic (exact) mass is 448 g/mol. The summed E-state index contributed by atoms with van der Waals surface area (Å²) in [6.07, 6.45) is 0. The van der Waals surface area contributed by atoms with E-state index < -0.39 is 21.7 Å². The van der Waals surface area contributed by atoms with Crippen LogP contribution >= 0.6 is 0 Å². The van der Waals surface area contributed by atoms with Gasteiger partial charge in [0.1, 0.15) is 11.6 Å². The first kappa shape index (κ1) is 21.3. The lowest BCUT2D eigenvalue weighted by molar-refractivity contribution is 0.383. The van der Waals surface area contributed by atoms with Crippen molar-refractivity contribution in [3.05, 3.63) is 59.2 Å². The predicted octanol–water partition coefficient (Wildman–Crippen LogP) is 2.38. The van der Waals surface area contributed by atoms with E-state index in [0.29, 0.717) is 36.6 Å². The van der Waals surface area contributed by atoms with Gasteiger partial charge in [0.25, 0.3) is 0 Å². The summed E-state index contributed by atoms with van der Waals surface area (Å²) >= 11 is 0. The highest BCUT2D eigenvalue weighted by Crippen LogP contribution is 2.23. The van der Waals surface area contributed by atoms with Crippen molar-refractivity contribution < 1.29 is 17.2 Å². The smallest absolute Gasteiger partial charge is 0.243 e. The van der Waals surface area contributed by atoms with Gasteiger partial charge in [0, 0.05) is 37.9 Å². The Morgan fingerprint density at radius 1 is 0.871 bits per heavy atom. The third-order valence-corrected chi connectivity index (χ3v) is 7.02. The van der Waals surface area contributed by atoms with E-state index in [1.165, 1.54) is 4.31 Å². The van der Waals surface area contributed by atoms with Crippen LogP contribution in [0, 0.1) is 32.4 Å². The fourth-order valence-electron chi connectivity index (χ4n) is 3.61. The number of aromatic nitrogens is 4. The lowest BCUT2D eigenvalue weighted by Gasteiger charge is -2.34. The molecule has 0 spiro atoms. The second-order valence-corrected chi connectivity index (χ2v) is 9.38. The Labute approximate surface area is 179 Å². The van der Waals surface area contributed by atoms with E-state index in [1.807, 2.05) is 30.9 Å². The number of rotatable bonds is 4. The molecule has 31 heavy (non-hydrogen) atoms. The molecule has 3 heterocycles. The van der Waals surface area contributed by atoms with Gasteiger partial charge >= 0.3 is 0 Å². The van der Waals surface area contributed by atoms with E-state index in [4.69, 9.17) is 0 Å². The van der Waals surface area contributed by atoms with Crippen molar-refractivity contribution in [2.45, 2.75) is 25.7 Å². The van der Waals surface area contributed by atoms with E-state index in [9.17, 15) is 17.2 Å². The molecule has 3 aromatic rings. The number of hydrogen-bond acceptors (Lipinski definition) is 6. The summed E-state index contributed by atoms with van der Waals surface area (Å²) in [6, 6.07) is 6.40. The molecule has 0 bridgehead atoms. The summed E-state index contributed by atoms with van der Waals surface area (Å²) < 4.78 is 55.3. The van der Waals surface area contributed by atoms with Gasteiger partial charge < -0.3 is 4.90 Å². The molecule has 0 aliphatic carbocycles. The first-order chi connectivity index (χ1) is 14.6. The van der Waals surface area contributed by atoms with Gasteiger partial charge in [-0.25, -0.2) is 31.8 Å². The standard InChI is InChI=1S/C20H22F2N6O2S/c1-13-10-14(2)28(25-13)20-12-19(23-15(3)24-20)26-6-8-27(9-7-26)31(29,30)16-4-5-17(21)18(22)11-16/h4-5,10-12H,6-9H2,1-3H3. The summed E-state index contributed by atoms with van der Waals surface area (Å²) in [7, 11) is -3.92. The molecule has 1 aliphatic rings. The molecular formula is C20H22F2N6O2S. The minimum atomic E-state index is -3.92. The maximum Gasteiger partial charge on any atom is 0.243 e. The quantitative estimate of drug-likeness (QED) is 0.609. The van der Waals surface area contributed by atoms with E-state index in [1.54, 1.807) is 11.6 Å².